The van der Waals surface area contributed by atoms with Crippen LogP contribution in [-0.4, -0.2) is 62.1 Å². The van der Waals surface area contributed by atoms with Crippen molar-refractivity contribution in [2.75, 3.05) is 28.4 Å². The Morgan fingerprint density at radius 2 is 1.36 bits per heavy atom. The van der Waals surface area contributed by atoms with Crippen LogP contribution in [0.15, 0.2) is 66.2 Å². The van der Waals surface area contributed by atoms with Crippen LogP contribution in [0.25, 0.3) is 17.3 Å². The number of hydrogen-bond donors (Lipinski definition) is 0. The van der Waals surface area contributed by atoms with Crippen LogP contribution >= 0.6 is 0 Å². The average molecular weight is 492 g/mol. The van der Waals surface area contributed by atoms with Gasteiger partial charge in [0.15, 0.2) is 11.7 Å². The maximum absolute atomic E-state index is 13.2. The third-order valence-electron chi connectivity index (χ3n) is 5.23. The predicted octanol–water partition coefficient (Wildman–Crippen LogP) is 3.09. The van der Waals surface area contributed by atoms with E-state index in [1.54, 1.807) is 60.7 Å². The quantitative estimate of drug-likeness (QED) is 0.265. The van der Waals surface area contributed by atoms with E-state index in [0.29, 0.717) is 11.1 Å². The number of methoxy groups -OCH3 is 4. The molecule has 0 amide bonds. The second kappa shape index (κ2) is 11.6. The standard InChI is InChI=1S/C26H24N2O8/c1-33-23(29)18(15-16-11-7-5-8-12-16)22(26(32)36-4)28-21(17-13-9-6-10-14-17)19(24(30)34-2)20(27-28)25(31)35-3/h5-15,22H,1-4H3. The van der Waals surface area contributed by atoms with E-state index >= 15 is 0 Å². The van der Waals surface area contributed by atoms with E-state index in [1.165, 1.54) is 6.08 Å². The van der Waals surface area contributed by atoms with Crippen molar-refractivity contribution in [1.29, 1.82) is 0 Å². The second-order valence-electron chi connectivity index (χ2n) is 7.29. The molecular weight excluding hydrogens is 468 g/mol. The molecule has 1 heterocycles. The lowest BCUT2D eigenvalue weighted by Gasteiger charge is -2.20. The van der Waals surface area contributed by atoms with Gasteiger partial charge in [-0.3, -0.25) is 0 Å². The van der Waals surface area contributed by atoms with Gasteiger partial charge in [0.25, 0.3) is 0 Å². The molecule has 0 N–H and O–H groups in total. The number of ether oxygens (including phenoxy) is 4. The van der Waals surface area contributed by atoms with Crippen molar-refractivity contribution >= 4 is 30.0 Å². The molecule has 0 saturated heterocycles. The van der Waals surface area contributed by atoms with Crippen molar-refractivity contribution in [2.45, 2.75) is 6.04 Å². The number of carbonyl (C=O) groups excluding carboxylic acids is 4. The lowest BCUT2D eigenvalue weighted by Crippen LogP contribution is -2.29. The topological polar surface area (TPSA) is 123 Å². The number of benzene rings is 2. The van der Waals surface area contributed by atoms with E-state index in [0.717, 1.165) is 33.1 Å². The highest BCUT2D eigenvalue weighted by Crippen LogP contribution is 2.34. The molecule has 3 rings (SSSR count). The molecule has 0 spiro atoms. The van der Waals surface area contributed by atoms with Crippen LogP contribution in [0.2, 0.25) is 0 Å². The van der Waals surface area contributed by atoms with Gasteiger partial charge in [-0.15, -0.1) is 0 Å². The van der Waals surface area contributed by atoms with E-state index in [1.807, 2.05) is 0 Å². The molecular formula is C26H24N2O8. The first-order valence-corrected chi connectivity index (χ1v) is 10.6. The van der Waals surface area contributed by atoms with Crippen molar-refractivity contribution in [3.8, 4) is 11.3 Å². The van der Waals surface area contributed by atoms with E-state index in [2.05, 4.69) is 5.10 Å². The Labute approximate surface area is 207 Å². The first kappa shape index (κ1) is 25.9. The molecule has 10 heteroatoms. The third-order valence-corrected chi connectivity index (χ3v) is 5.23. The lowest BCUT2D eigenvalue weighted by atomic mass is 10.0. The van der Waals surface area contributed by atoms with Gasteiger partial charge in [-0.05, 0) is 11.6 Å². The summed E-state index contributed by atoms with van der Waals surface area (Å²) in [6.07, 6.45) is 1.44. The van der Waals surface area contributed by atoms with Gasteiger partial charge < -0.3 is 18.9 Å². The lowest BCUT2D eigenvalue weighted by molar-refractivity contribution is -0.146. The predicted molar refractivity (Wildman–Crippen MR) is 128 cm³/mol. The Hall–Kier alpha value is -4.73. The van der Waals surface area contributed by atoms with Crippen LogP contribution in [0, 0.1) is 0 Å². The normalized spacial score (nSPS) is 11.8. The zero-order valence-electron chi connectivity index (χ0n) is 20.1. The third kappa shape index (κ3) is 5.17. The number of hydrogen-bond acceptors (Lipinski definition) is 9. The molecule has 3 aromatic rings. The van der Waals surface area contributed by atoms with Gasteiger partial charge >= 0.3 is 23.9 Å². The molecule has 0 saturated carbocycles. The monoisotopic (exact) mass is 492 g/mol. The molecule has 0 aliphatic rings. The van der Waals surface area contributed by atoms with Gasteiger partial charge in [0.05, 0.1) is 39.7 Å². The molecule has 0 aliphatic carbocycles. The summed E-state index contributed by atoms with van der Waals surface area (Å²) < 4.78 is 20.8. The highest BCUT2D eigenvalue weighted by molar-refractivity contribution is 6.07. The Kier molecular flexibility index (Phi) is 8.35. The second-order valence-corrected chi connectivity index (χ2v) is 7.29. The number of esters is 4. The first-order chi connectivity index (χ1) is 17.4. The van der Waals surface area contributed by atoms with Crippen molar-refractivity contribution < 1.29 is 38.1 Å². The van der Waals surface area contributed by atoms with Crippen molar-refractivity contribution in [1.82, 2.24) is 9.78 Å². The number of carbonyl (C=O) groups is 4. The fraction of sp³-hybridized carbons (Fsp3) is 0.192. The fourth-order valence-electron chi connectivity index (χ4n) is 3.60. The molecule has 1 atom stereocenters. The molecule has 0 aliphatic heterocycles. The van der Waals surface area contributed by atoms with Crippen molar-refractivity contribution in [3.63, 3.8) is 0 Å². The van der Waals surface area contributed by atoms with Gasteiger partial charge in [0, 0.05) is 5.56 Å². The first-order valence-electron chi connectivity index (χ1n) is 10.6. The number of aromatic nitrogens is 2. The Bertz CT molecular complexity index is 1300. The summed E-state index contributed by atoms with van der Waals surface area (Å²) in [5, 5.41) is 4.27. The summed E-state index contributed by atoms with van der Waals surface area (Å²) in [5.41, 5.74) is 0.249. The summed E-state index contributed by atoms with van der Waals surface area (Å²) >= 11 is 0. The zero-order chi connectivity index (χ0) is 26.2. The van der Waals surface area contributed by atoms with Crippen LogP contribution in [-0.2, 0) is 28.5 Å². The molecule has 186 valence electrons. The number of rotatable bonds is 8. The van der Waals surface area contributed by atoms with Crippen LogP contribution in [0.5, 0.6) is 0 Å². The summed E-state index contributed by atoms with van der Waals surface area (Å²) in [5.74, 6) is -3.57. The van der Waals surface area contributed by atoms with Crippen LogP contribution < -0.4 is 0 Å². The Morgan fingerprint density at radius 3 is 1.89 bits per heavy atom. The Morgan fingerprint density at radius 1 is 0.778 bits per heavy atom. The van der Waals surface area contributed by atoms with Crippen molar-refractivity contribution in [3.05, 3.63) is 83.1 Å². The number of nitrogens with zero attached hydrogens (tertiary/aromatic N) is 2. The Balaban J connectivity index is 2.45. The minimum Gasteiger partial charge on any atom is -0.467 e. The molecule has 0 radical (unpaired) electrons. The van der Waals surface area contributed by atoms with Crippen LogP contribution in [0.1, 0.15) is 32.5 Å². The summed E-state index contributed by atoms with van der Waals surface area (Å²) in [6.45, 7) is 0. The van der Waals surface area contributed by atoms with E-state index in [9.17, 15) is 19.2 Å². The highest BCUT2D eigenvalue weighted by Gasteiger charge is 2.39. The maximum Gasteiger partial charge on any atom is 0.359 e. The molecule has 1 unspecified atom stereocenters. The highest BCUT2D eigenvalue weighted by atomic mass is 16.5. The van der Waals surface area contributed by atoms with Crippen LogP contribution in [0.3, 0.4) is 0 Å². The van der Waals surface area contributed by atoms with Gasteiger partial charge in [-0.1, -0.05) is 60.7 Å². The molecule has 0 bridgehead atoms. The molecule has 36 heavy (non-hydrogen) atoms. The minimum atomic E-state index is -1.54. The molecule has 1 aromatic heterocycles. The summed E-state index contributed by atoms with van der Waals surface area (Å²) in [7, 11) is 4.57. The van der Waals surface area contributed by atoms with Crippen molar-refractivity contribution in [2.24, 2.45) is 0 Å². The van der Waals surface area contributed by atoms with Gasteiger partial charge in [0.2, 0.25) is 0 Å². The molecule has 10 nitrogen and oxygen atoms in total. The fourth-order valence-corrected chi connectivity index (χ4v) is 3.60. The molecule has 2 aromatic carbocycles. The largest absolute Gasteiger partial charge is 0.467 e. The average Bonchev–Trinajstić information content (AvgIpc) is 3.32. The minimum absolute atomic E-state index is 0.0427. The van der Waals surface area contributed by atoms with E-state index in [4.69, 9.17) is 18.9 Å². The molecule has 0 fully saturated rings. The van der Waals surface area contributed by atoms with Gasteiger partial charge in [0.1, 0.15) is 5.56 Å². The maximum atomic E-state index is 13.2. The SMILES string of the molecule is COC(=O)C(=Cc1ccccc1)C(C(=O)OC)n1nc(C(=O)OC)c(C(=O)OC)c1-c1ccccc1. The zero-order valence-corrected chi connectivity index (χ0v) is 20.1. The van der Waals surface area contributed by atoms with E-state index in [-0.39, 0.29) is 16.8 Å². The van der Waals surface area contributed by atoms with Gasteiger partial charge in [-0.2, -0.15) is 5.10 Å². The smallest absolute Gasteiger partial charge is 0.359 e. The summed E-state index contributed by atoms with van der Waals surface area (Å²) in [6, 6.07) is 15.6. The summed E-state index contributed by atoms with van der Waals surface area (Å²) in [4.78, 5) is 51.6. The van der Waals surface area contributed by atoms with Crippen LogP contribution in [0.4, 0.5) is 0 Å². The van der Waals surface area contributed by atoms with Gasteiger partial charge in [-0.25, -0.2) is 23.9 Å². The van der Waals surface area contributed by atoms with E-state index < -0.39 is 35.6 Å².